The number of sulfonamides is 1. The van der Waals surface area contributed by atoms with Crippen molar-refractivity contribution in [3.63, 3.8) is 0 Å². The Bertz CT molecular complexity index is 477. The zero-order chi connectivity index (χ0) is 12.5. The van der Waals surface area contributed by atoms with E-state index in [0.717, 1.165) is 11.3 Å². The van der Waals surface area contributed by atoms with Crippen LogP contribution in [0.15, 0.2) is 16.3 Å². The maximum atomic E-state index is 11.9. The van der Waals surface area contributed by atoms with Crippen molar-refractivity contribution in [1.82, 2.24) is 4.72 Å². The highest BCUT2D eigenvalue weighted by Gasteiger charge is 2.29. The first-order valence-corrected chi connectivity index (χ1v) is 8.02. The quantitative estimate of drug-likeness (QED) is 0.828. The molecule has 2 N–H and O–H groups in total. The summed E-state index contributed by atoms with van der Waals surface area (Å²) in [5.41, 5.74) is 0. The summed E-state index contributed by atoms with van der Waals surface area (Å²) in [4.78, 5) is 0.667. The molecule has 96 valence electrons. The van der Waals surface area contributed by atoms with Crippen LogP contribution in [0, 0.1) is 11.8 Å². The Kier molecular flexibility index (Phi) is 3.87. The summed E-state index contributed by atoms with van der Waals surface area (Å²) >= 11 is 1.12. The van der Waals surface area contributed by atoms with Gasteiger partial charge < -0.3 is 5.11 Å². The van der Waals surface area contributed by atoms with E-state index in [1.807, 2.05) is 0 Å². The normalized spacial score (nSPS) is 18.2. The summed E-state index contributed by atoms with van der Waals surface area (Å²) in [6, 6.07) is 3.18. The van der Waals surface area contributed by atoms with Gasteiger partial charge in [-0.15, -0.1) is 11.3 Å². The minimum absolute atomic E-state index is 0.112. The van der Waals surface area contributed by atoms with Gasteiger partial charge in [-0.3, -0.25) is 0 Å². The Morgan fingerprint density at radius 1 is 1.53 bits per heavy atom. The van der Waals surface area contributed by atoms with Crippen molar-refractivity contribution < 1.29 is 13.5 Å². The average Bonchev–Trinajstić information content (AvgIpc) is 3.03. The predicted octanol–water partition coefficient (Wildman–Crippen LogP) is 1.56. The molecule has 2 rings (SSSR count). The van der Waals surface area contributed by atoms with E-state index in [1.54, 1.807) is 12.1 Å². The van der Waals surface area contributed by atoms with E-state index in [-0.39, 0.29) is 10.8 Å². The Labute approximate surface area is 106 Å². The van der Waals surface area contributed by atoms with Crippen LogP contribution >= 0.6 is 11.3 Å². The van der Waals surface area contributed by atoms with Crippen molar-refractivity contribution in [3.8, 4) is 0 Å². The van der Waals surface area contributed by atoms with Gasteiger partial charge >= 0.3 is 0 Å². The van der Waals surface area contributed by atoms with Gasteiger partial charge in [0, 0.05) is 11.4 Å². The summed E-state index contributed by atoms with van der Waals surface area (Å²) in [5.74, 6) is 1.09. The lowest BCUT2D eigenvalue weighted by atomic mass is 10.1. The molecule has 0 aliphatic heterocycles. The first-order chi connectivity index (χ1) is 8.03. The van der Waals surface area contributed by atoms with Gasteiger partial charge in [0.25, 0.3) is 0 Å². The lowest BCUT2D eigenvalue weighted by Gasteiger charge is -2.10. The number of hydrogen-bond acceptors (Lipinski definition) is 4. The van der Waals surface area contributed by atoms with E-state index >= 15 is 0 Å². The molecular formula is C11H17NO3S2. The van der Waals surface area contributed by atoms with E-state index < -0.39 is 10.0 Å². The van der Waals surface area contributed by atoms with E-state index in [1.165, 1.54) is 12.8 Å². The molecule has 4 nitrogen and oxygen atoms in total. The molecule has 0 radical (unpaired) electrons. The maximum Gasteiger partial charge on any atom is 0.250 e. The smallest absolute Gasteiger partial charge is 0.250 e. The fourth-order valence-corrected chi connectivity index (χ4v) is 4.14. The van der Waals surface area contributed by atoms with Crippen molar-refractivity contribution >= 4 is 21.4 Å². The van der Waals surface area contributed by atoms with Crippen LogP contribution in [0.25, 0.3) is 0 Å². The van der Waals surface area contributed by atoms with Crippen molar-refractivity contribution in [2.75, 3.05) is 6.54 Å². The molecule has 1 heterocycles. The number of hydrogen-bond donors (Lipinski definition) is 2. The van der Waals surface area contributed by atoms with Gasteiger partial charge in [-0.2, -0.15) is 0 Å². The second kappa shape index (κ2) is 5.06. The number of aliphatic hydroxyl groups is 1. The minimum atomic E-state index is -3.39. The molecule has 0 bridgehead atoms. The highest BCUT2D eigenvalue weighted by Crippen LogP contribution is 2.36. The Hall–Kier alpha value is -0.430. The summed E-state index contributed by atoms with van der Waals surface area (Å²) in [5, 5.41) is 8.91. The molecule has 0 amide bonds. The minimum Gasteiger partial charge on any atom is -0.391 e. The molecule has 1 aromatic rings. The number of aliphatic hydroxyl groups excluding tert-OH is 1. The predicted molar refractivity (Wildman–Crippen MR) is 67.3 cm³/mol. The highest BCUT2D eigenvalue weighted by atomic mass is 32.2. The van der Waals surface area contributed by atoms with E-state index in [0.29, 0.717) is 23.3 Å². The van der Waals surface area contributed by atoms with Gasteiger partial charge in [0.1, 0.15) is 4.21 Å². The molecule has 0 saturated heterocycles. The molecule has 1 saturated carbocycles. The van der Waals surface area contributed by atoms with Crippen LogP contribution in [-0.4, -0.2) is 20.1 Å². The maximum absolute atomic E-state index is 11.9. The Morgan fingerprint density at radius 3 is 2.76 bits per heavy atom. The fraction of sp³-hybridized carbons (Fsp3) is 0.636. The Morgan fingerprint density at radius 2 is 2.24 bits per heavy atom. The SMILES string of the molecule is CC(CNS(=O)(=O)c1ccc(CO)s1)C1CC1. The second-order valence-corrected chi connectivity index (χ2v) is 7.71. The third-order valence-corrected chi connectivity index (χ3v) is 6.07. The van der Waals surface area contributed by atoms with Crippen LogP contribution in [-0.2, 0) is 16.6 Å². The van der Waals surface area contributed by atoms with Gasteiger partial charge in [0.15, 0.2) is 0 Å². The van der Waals surface area contributed by atoms with Crippen LogP contribution in [0.1, 0.15) is 24.6 Å². The topological polar surface area (TPSA) is 66.4 Å². The molecule has 17 heavy (non-hydrogen) atoms. The van der Waals surface area contributed by atoms with Gasteiger partial charge in [-0.05, 0) is 36.8 Å². The van der Waals surface area contributed by atoms with Crippen molar-refractivity contribution in [2.45, 2.75) is 30.6 Å². The lowest BCUT2D eigenvalue weighted by Crippen LogP contribution is -2.28. The van der Waals surface area contributed by atoms with Gasteiger partial charge in [0.2, 0.25) is 10.0 Å². The third-order valence-electron chi connectivity index (χ3n) is 3.08. The molecule has 1 atom stereocenters. The molecule has 1 fully saturated rings. The van der Waals surface area contributed by atoms with Crippen molar-refractivity contribution in [1.29, 1.82) is 0 Å². The summed E-state index contributed by atoms with van der Waals surface area (Å²) in [7, 11) is -3.39. The van der Waals surface area contributed by atoms with E-state index in [4.69, 9.17) is 5.11 Å². The summed E-state index contributed by atoms with van der Waals surface area (Å²) < 4.78 is 26.8. The van der Waals surface area contributed by atoms with Gasteiger partial charge in [-0.25, -0.2) is 13.1 Å². The molecule has 6 heteroatoms. The lowest BCUT2D eigenvalue weighted by molar-refractivity contribution is 0.285. The van der Waals surface area contributed by atoms with Crippen molar-refractivity contribution in [2.24, 2.45) is 11.8 Å². The number of thiophene rings is 1. The van der Waals surface area contributed by atoms with Crippen LogP contribution in [0.4, 0.5) is 0 Å². The molecule has 0 aromatic carbocycles. The van der Waals surface area contributed by atoms with Crippen LogP contribution < -0.4 is 4.72 Å². The fourth-order valence-electron chi connectivity index (χ4n) is 1.73. The Balaban J connectivity index is 1.97. The molecular weight excluding hydrogens is 258 g/mol. The average molecular weight is 275 g/mol. The zero-order valence-electron chi connectivity index (χ0n) is 9.72. The van der Waals surface area contributed by atoms with E-state index in [9.17, 15) is 8.42 Å². The van der Waals surface area contributed by atoms with Crippen LogP contribution in [0.5, 0.6) is 0 Å². The van der Waals surface area contributed by atoms with E-state index in [2.05, 4.69) is 11.6 Å². The van der Waals surface area contributed by atoms with Gasteiger partial charge in [-0.1, -0.05) is 6.92 Å². The summed E-state index contributed by atoms with van der Waals surface area (Å²) in [6.45, 7) is 2.46. The monoisotopic (exact) mass is 275 g/mol. The third kappa shape index (κ3) is 3.28. The molecule has 1 unspecified atom stereocenters. The summed E-state index contributed by atoms with van der Waals surface area (Å²) in [6.07, 6.45) is 2.44. The zero-order valence-corrected chi connectivity index (χ0v) is 11.4. The molecule has 1 aliphatic carbocycles. The molecule has 0 spiro atoms. The van der Waals surface area contributed by atoms with Crippen molar-refractivity contribution in [3.05, 3.63) is 17.0 Å². The van der Waals surface area contributed by atoms with Gasteiger partial charge in [0.05, 0.1) is 6.61 Å². The molecule has 1 aliphatic rings. The number of nitrogens with one attached hydrogen (secondary N) is 1. The first kappa shape index (κ1) is 13.0. The largest absolute Gasteiger partial charge is 0.391 e. The van der Waals surface area contributed by atoms with Crippen LogP contribution in [0.2, 0.25) is 0 Å². The van der Waals surface area contributed by atoms with Crippen LogP contribution in [0.3, 0.4) is 0 Å². The highest BCUT2D eigenvalue weighted by molar-refractivity contribution is 7.91. The standard InChI is InChI=1S/C11H17NO3S2/c1-8(9-2-3-9)6-12-17(14,15)11-5-4-10(7-13)16-11/h4-5,8-9,12-13H,2-3,6-7H2,1H3. The first-order valence-electron chi connectivity index (χ1n) is 5.72. The second-order valence-electron chi connectivity index (χ2n) is 4.55. The number of rotatable bonds is 6. The molecule has 1 aromatic heterocycles.